The van der Waals surface area contributed by atoms with E-state index >= 15 is 0 Å². The highest BCUT2D eigenvalue weighted by atomic mass is 79.9. The van der Waals surface area contributed by atoms with Gasteiger partial charge >= 0.3 is 12.4 Å². The minimum Gasteiger partial charge on any atom is -0.327 e. The smallest absolute Gasteiger partial charge is 0.327 e. The third-order valence-corrected chi connectivity index (χ3v) is 3.09. The molecule has 0 aliphatic heterocycles. The van der Waals surface area contributed by atoms with Gasteiger partial charge in [-0.2, -0.15) is 26.3 Å². The number of alkyl halides is 6. The molecule has 0 aromatic heterocycles. The monoisotopic (exact) mass is 367 g/mol. The Morgan fingerprint density at radius 2 is 1.55 bits per heavy atom. The van der Waals surface area contributed by atoms with E-state index in [0.29, 0.717) is 4.47 Å². The highest BCUT2D eigenvalue weighted by Gasteiger charge is 2.59. The molecule has 2 N–H and O–H groups in total. The Balaban J connectivity index is 3.03. The van der Waals surface area contributed by atoms with Gasteiger partial charge in [0.15, 0.2) is 5.92 Å². The molecule has 0 amide bonds. The third-order valence-electron chi connectivity index (χ3n) is 2.60. The molecule has 0 fully saturated rings. The van der Waals surface area contributed by atoms with Crippen molar-refractivity contribution < 1.29 is 30.7 Å². The van der Waals surface area contributed by atoms with Crippen LogP contribution in [0.5, 0.6) is 0 Å². The van der Waals surface area contributed by atoms with Crippen LogP contribution in [-0.4, -0.2) is 18.4 Å². The molecule has 114 valence electrons. The van der Waals surface area contributed by atoms with Gasteiger partial charge in [-0.1, -0.05) is 15.9 Å². The van der Waals surface area contributed by atoms with Gasteiger partial charge in [-0.25, -0.2) is 4.39 Å². The first kappa shape index (κ1) is 17.2. The van der Waals surface area contributed by atoms with Crippen molar-refractivity contribution in [2.75, 3.05) is 0 Å². The summed E-state index contributed by atoms with van der Waals surface area (Å²) < 4.78 is 88.4. The number of nitrogens with two attached hydrogens (primary N) is 1. The maximum Gasteiger partial charge on any atom is 0.402 e. The van der Waals surface area contributed by atoms with E-state index in [1.54, 1.807) is 0 Å². The zero-order chi connectivity index (χ0) is 15.7. The standard InChI is InChI=1S/C11H9BrF7N/c12-6-1-2-7(13)5(3-6)4-8(20)9(10(14,15)16)11(17,18)19/h1-3,8-9H,4,20H2. The largest absolute Gasteiger partial charge is 0.402 e. The van der Waals surface area contributed by atoms with Crippen LogP contribution >= 0.6 is 15.9 Å². The second kappa shape index (κ2) is 5.88. The molecule has 20 heavy (non-hydrogen) atoms. The molecule has 0 bridgehead atoms. The summed E-state index contributed by atoms with van der Waals surface area (Å²) in [5.74, 6) is -4.61. The summed E-state index contributed by atoms with van der Waals surface area (Å²) in [5.41, 5.74) is 4.70. The molecule has 0 saturated carbocycles. The Hall–Kier alpha value is -0.830. The van der Waals surface area contributed by atoms with Gasteiger partial charge in [0.25, 0.3) is 0 Å². The summed E-state index contributed by atoms with van der Waals surface area (Å²) in [4.78, 5) is 0. The Kier molecular flexibility index (Phi) is 5.07. The Morgan fingerprint density at radius 3 is 2.00 bits per heavy atom. The molecule has 0 heterocycles. The number of hydrogen-bond donors (Lipinski definition) is 1. The van der Waals surface area contributed by atoms with Crippen molar-refractivity contribution in [1.82, 2.24) is 0 Å². The minimum absolute atomic E-state index is 0.314. The maximum atomic E-state index is 13.3. The van der Waals surface area contributed by atoms with Gasteiger partial charge in [0.2, 0.25) is 0 Å². The van der Waals surface area contributed by atoms with Crippen molar-refractivity contribution in [3.05, 3.63) is 34.1 Å². The fourth-order valence-corrected chi connectivity index (χ4v) is 2.15. The topological polar surface area (TPSA) is 26.0 Å². The molecule has 0 saturated heterocycles. The first-order valence-corrected chi connectivity index (χ1v) is 6.05. The van der Waals surface area contributed by atoms with E-state index in [4.69, 9.17) is 5.73 Å². The molecular formula is C11H9BrF7N. The van der Waals surface area contributed by atoms with Gasteiger partial charge in [-0.3, -0.25) is 0 Å². The van der Waals surface area contributed by atoms with Crippen LogP contribution in [-0.2, 0) is 6.42 Å². The molecule has 0 spiro atoms. The lowest BCUT2D eigenvalue weighted by molar-refractivity contribution is -0.289. The SMILES string of the molecule is NC(Cc1cc(Br)ccc1F)C(C(F)(F)F)C(F)(F)F. The summed E-state index contributed by atoms with van der Waals surface area (Å²) >= 11 is 2.95. The third kappa shape index (κ3) is 4.34. The molecule has 0 aliphatic rings. The van der Waals surface area contributed by atoms with E-state index < -0.39 is 36.6 Å². The molecule has 9 heteroatoms. The van der Waals surface area contributed by atoms with Crippen LogP contribution in [0.2, 0.25) is 0 Å². The zero-order valence-electron chi connectivity index (χ0n) is 9.69. The predicted molar refractivity (Wildman–Crippen MR) is 61.4 cm³/mol. The number of hydrogen-bond acceptors (Lipinski definition) is 1. The van der Waals surface area contributed by atoms with E-state index in [9.17, 15) is 30.7 Å². The van der Waals surface area contributed by atoms with Crippen molar-refractivity contribution in [3.63, 3.8) is 0 Å². The summed E-state index contributed by atoms with van der Waals surface area (Å²) in [6.45, 7) is 0. The summed E-state index contributed by atoms with van der Waals surface area (Å²) in [6.07, 6.45) is -12.0. The molecule has 1 aromatic carbocycles. The number of rotatable bonds is 3. The molecule has 1 aromatic rings. The Morgan fingerprint density at radius 1 is 1.05 bits per heavy atom. The van der Waals surface area contributed by atoms with Crippen LogP contribution in [0, 0.1) is 11.7 Å². The summed E-state index contributed by atoms with van der Waals surface area (Å²) in [5, 5.41) is 0. The lowest BCUT2D eigenvalue weighted by Gasteiger charge is -2.28. The van der Waals surface area contributed by atoms with Crippen molar-refractivity contribution >= 4 is 15.9 Å². The second-order valence-corrected chi connectivity index (χ2v) is 5.08. The van der Waals surface area contributed by atoms with E-state index in [-0.39, 0.29) is 5.56 Å². The van der Waals surface area contributed by atoms with Gasteiger partial charge in [-0.05, 0) is 30.2 Å². The van der Waals surface area contributed by atoms with Crippen LogP contribution in [0.15, 0.2) is 22.7 Å². The maximum absolute atomic E-state index is 13.3. The summed E-state index contributed by atoms with van der Waals surface area (Å²) in [7, 11) is 0. The van der Waals surface area contributed by atoms with Gasteiger partial charge in [0, 0.05) is 10.5 Å². The van der Waals surface area contributed by atoms with Crippen LogP contribution < -0.4 is 5.73 Å². The van der Waals surface area contributed by atoms with Crippen molar-refractivity contribution in [3.8, 4) is 0 Å². The van der Waals surface area contributed by atoms with Gasteiger partial charge in [-0.15, -0.1) is 0 Å². The van der Waals surface area contributed by atoms with Crippen LogP contribution in [0.4, 0.5) is 30.7 Å². The average molecular weight is 368 g/mol. The Labute approximate surface area is 118 Å². The lowest BCUT2D eigenvalue weighted by atomic mass is 9.93. The van der Waals surface area contributed by atoms with Crippen LogP contribution in [0.1, 0.15) is 5.56 Å². The molecule has 0 radical (unpaired) electrons. The van der Waals surface area contributed by atoms with Crippen molar-refractivity contribution in [2.24, 2.45) is 11.7 Å². The molecule has 1 atom stereocenters. The first-order chi connectivity index (χ1) is 8.93. The highest BCUT2D eigenvalue weighted by molar-refractivity contribution is 9.10. The molecular weight excluding hydrogens is 359 g/mol. The van der Waals surface area contributed by atoms with E-state index in [0.717, 1.165) is 12.1 Å². The Bertz CT molecular complexity index is 455. The fourth-order valence-electron chi connectivity index (χ4n) is 1.74. The average Bonchev–Trinajstić information content (AvgIpc) is 2.18. The lowest BCUT2D eigenvalue weighted by Crippen LogP contribution is -2.49. The van der Waals surface area contributed by atoms with E-state index in [1.165, 1.54) is 6.07 Å². The van der Waals surface area contributed by atoms with Gasteiger partial charge < -0.3 is 5.73 Å². The molecule has 1 rings (SSSR count). The molecule has 1 nitrogen and oxygen atoms in total. The second-order valence-electron chi connectivity index (χ2n) is 4.16. The van der Waals surface area contributed by atoms with Gasteiger partial charge in [0.1, 0.15) is 5.82 Å². The zero-order valence-corrected chi connectivity index (χ0v) is 11.3. The van der Waals surface area contributed by atoms with Crippen molar-refractivity contribution in [1.29, 1.82) is 0 Å². The fraction of sp³-hybridized carbons (Fsp3) is 0.455. The quantitative estimate of drug-likeness (QED) is 0.796. The predicted octanol–water partition coefficient (Wildman–Crippen LogP) is 4.20. The van der Waals surface area contributed by atoms with E-state index in [2.05, 4.69) is 15.9 Å². The summed E-state index contributed by atoms with van der Waals surface area (Å²) in [6, 6.07) is 0.982. The van der Waals surface area contributed by atoms with E-state index in [1.807, 2.05) is 0 Å². The highest BCUT2D eigenvalue weighted by Crippen LogP contribution is 2.41. The number of halogens is 8. The number of benzene rings is 1. The van der Waals surface area contributed by atoms with Crippen LogP contribution in [0.3, 0.4) is 0 Å². The minimum atomic E-state index is -5.54. The van der Waals surface area contributed by atoms with Gasteiger partial charge in [0.05, 0.1) is 0 Å². The molecule has 0 aliphatic carbocycles. The molecule has 1 unspecified atom stereocenters. The van der Waals surface area contributed by atoms with Crippen LogP contribution in [0.25, 0.3) is 0 Å². The van der Waals surface area contributed by atoms with Crippen molar-refractivity contribution in [2.45, 2.75) is 24.8 Å². The normalized spacial score (nSPS) is 14.7. The first-order valence-electron chi connectivity index (χ1n) is 5.26.